The van der Waals surface area contributed by atoms with Gasteiger partial charge in [0.15, 0.2) is 0 Å². The molecule has 2 N–H and O–H groups in total. The average Bonchev–Trinajstić information content (AvgIpc) is 2.93. The van der Waals surface area contributed by atoms with Crippen molar-refractivity contribution >= 4 is 18.3 Å². The van der Waals surface area contributed by atoms with Gasteiger partial charge < -0.3 is 10.6 Å². The van der Waals surface area contributed by atoms with Crippen molar-refractivity contribution in [1.29, 1.82) is 0 Å². The summed E-state index contributed by atoms with van der Waals surface area (Å²) >= 11 is 0. The van der Waals surface area contributed by atoms with Crippen LogP contribution in [0.25, 0.3) is 0 Å². The van der Waals surface area contributed by atoms with E-state index in [2.05, 4.69) is 4.90 Å². The molecule has 4 heteroatoms. The fourth-order valence-corrected chi connectivity index (χ4v) is 4.12. The highest BCUT2D eigenvalue weighted by atomic mass is 35.5. The summed E-state index contributed by atoms with van der Waals surface area (Å²) in [5, 5.41) is 0. The van der Waals surface area contributed by atoms with E-state index >= 15 is 0 Å². The van der Waals surface area contributed by atoms with Crippen molar-refractivity contribution in [2.45, 2.75) is 44.4 Å². The van der Waals surface area contributed by atoms with Crippen molar-refractivity contribution < 1.29 is 4.79 Å². The summed E-state index contributed by atoms with van der Waals surface area (Å²) in [6.45, 7) is 2.27. The van der Waals surface area contributed by atoms with E-state index in [1.54, 1.807) is 0 Å². The molecular weight excluding hydrogens is 296 g/mol. The molecule has 122 valence electrons. The molecule has 1 spiro atoms. The molecule has 1 aliphatic carbocycles. The Morgan fingerprint density at radius 2 is 1.82 bits per heavy atom. The van der Waals surface area contributed by atoms with Crippen LogP contribution in [-0.4, -0.2) is 30.4 Å². The number of hydrogen-bond acceptors (Lipinski definition) is 2. The van der Waals surface area contributed by atoms with Gasteiger partial charge in [-0.2, -0.15) is 0 Å². The normalized spacial score (nSPS) is 21.4. The molecule has 1 unspecified atom stereocenters. The number of likely N-dealkylation sites (tertiary alicyclic amines) is 1. The maximum atomic E-state index is 12.8. The molecular formula is C18H27ClN2O. The molecule has 0 radical (unpaired) electrons. The fraction of sp³-hybridized carbons (Fsp3) is 0.611. The van der Waals surface area contributed by atoms with Crippen LogP contribution in [0, 0.1) is 5.41 Å². The van der Waals surface area contributed by atoms with Gasteiger partial charge in [0.1, 0.15) is 0 Å². The van der Waals surface area contributed by atoms with E-state index in [-0.39, 0.29) is 24.2 Å². The van der Waals surface area contributed by atoms with Crippen LogP contribution in [0.4, 0.5) is 0 Å². The van der Waals surface area contributed by atoms with Gasteiger partial charge in [0.2, 0.25) is 5.91 Å². The molecule has 3 nitrogen and oxygen atoms in total. The second kappa shape index (κ2) is 7.47. The van der Waals surface area contributed by atoms with Crippen molar-refractivity contribution in [1.82, 2.24) is 4.90 Å². The van der Waals surface area contributed by atoms with E-state index in [9.17, 15) is 4.79 Å². The summed E-state index contributed by atoms with van der Waals surface area (Å²) in [6, 6.07) is 9.98. The molecule has 1 aliphatic heterocycles. The van der Waals surface area contributed by atoms with Crippen molar-refractivity contribution in [3.8, 4) is 0 Å². The lowest BCUT2D eigenvalue weighted by Gasteiger charge is -2.33. The predicted molar refractivity (Wildman–Crippen MR) is 92.2 cm³/mol. The monoisotopic (exact) mass is 322 g/mol. The largest absolute Gasteiger partial charge is 0.342 e. The molecule has 1 saturated carbocycles. The zero-order valence-corrected chi connectivity index (χ0v) is 14.0. The summed E-state index contributed by atoms with van der Waals surface area (Å²) in [4.78, 5) is 14.9. The van der Waals surface area contributed by atoms with E-state index in [0.717, 1.165) is 18.7 Å². The van der Waals surface area contributed by atoms with E-state index in [4.69, 9.17) is 5.73 Å². The summed E-state index contributed by atoms with van der Waals surface area (Å²) < 4.78 is 0. The summed E-state index contributed by atoms with van der Waals surface area (Å²) in [7, 11) is 0. The van der Waals surface area contributed by atoms with Crippen molar-refractivity contribution in [2.75, 3.05) is 19.6 Å². The lowest BCUT2D eigenvalue weighted by Crippen LogP contribution is -2.38. The van der Waals surface area contributed by atoms with Gasteiger partial charge in [-0.15, -0.1) is 12.4 Å². The van der Waals surface area contributed by atoms with Crippen LogP contribution >= 0.6 is 12.4 Å². The van der Waals surface area contributed by atoms with Crippen LogP contribution in [0.1, 0.15) is 50.0 Å². The van der Waals surface area contributed by atoms with Crippen LogP contribution in [0.3, 0.4) is 0 Å². The molecule has 1 heterocycles. The summed E-state index contributed by atoms with van der Waals surface area (Å²) in [5.41, 5.74) is 7.37. The number of nitrogens with two attached hydrogens (primary N) is 1. The number of carbonyl (C=O) groups excluding carboxylic acids is 1. The zero-order valence-electron chi connectivity index (χ0n) is 13.2. The van der Waals surface area contributed by atoms with Gasteiger partial charge in [0, 0.05) is 19.6 Å². The van der Waals surface area contributed by atoms with Crippen molar-refractivity contribution in [3.63, 3.8) is 0 Å². The number of benzene rings is 1. The molecule has 2 fully saturated rings. The zero-order chi connectivity index (χ0) is 14.7. The molecule has 1 aromatic rings. The number of carbonyl (C=O) groups is 1. The fourth-order valence-electron chi connectivity index (χ4n) is 4.12. The minimum absolute atomic E-state index is 0. The van der Waals surface area contributed by atoms with Gasteiger partial charge >= 0.3 is 0 Å². The lowest BCUT2D eigenvalue weighted by molar-refractivity contribution is -0.132. The highest BCUT2D eigenvalue weighted by Crippen LogP contribution is 2.44. The molecule has 22 heavy (non-hydrogen) atoms. The minimum Gasteiger partial charge on any atom is -0.342 e. The Balaban J connectivity index is 0.00000176. The molecule has 1 saturated heterocycles. The molecule has 3 rings (SSSR count). The van der Waals surface area contributed by atoms with Gasteiger partial charge in [-0.3, -0.25) is 4.79 Å². The molecule has 0 bridgehead atoms. The van der Waals surface area contributed by atoms with Gasteiger partial charge in [-0.05, 0) is 30.2 Å². The Labute approximate surface area is 139 Å². The van der Waals surface area contributed by atoms with Crippen LogP contribution in [0.2, 0.25) is 0 Å². The first-order chi connectivity index (χ1) is 10.2. The SMILES string of the molecule is Cl.NCC(C(=O)N1CCC2(CCCCC2)C1)c1ccccc1. The van der Waals surface area contributed by atoms with E-state index in [0.29, 0.717) is 12.0 Å². The quantitative estimate of drug-likeness (QED) is 0.927. The highest BCUT2D eigenvalue weighted by molar-refractivity contribution is 5.85. The van der Waals surface area contributed by atoms with Crippen molar-refractivity contribution in [2.24, 2.45) is 11.1 Å². The Hall–Kier alpha value is -1.06. The van der Waals surface area contributed by atoms with Crippen LogP contribution < -0.4 is 5.73 Å². The summed E-state index contributed by atoms with van der Waals surface area (Å²) in [5.74, 6) is 0.0519. The van der Waals surface area contributed by atoms with Gasteiger partial charge in [0.25, 0.3) is 0 Å². The first-order valence-corrected chi connectivity index (χ1v) is 8.28. The maximum Gasteiger partial charge on any atom is 0.231 e. The standard InChI is InChI=1S/C18H26N2O.ClH/c19-13-16(15-7-3-1-4-8-15)17(21)20-12-11-18(14-20)9-5-2-6-10-18;/h1,3-4,7-8,16H,2,5-6,9-14,19H2;1H. The second-order valence-electron chi connectivity index (χ2n) is 6.77. The Kier molecular flexibility index (Phi) is 5.87. The molecule has 2 aliphatic rings. The van der Waals surface area contributed by atoms with Gasteiger partial charge in [-0.1, -0.05) is 49.6 Å². The van der Waals surface area contributed by atoms with Gasteiger partial charge in [0.05, 0.1) is 5.92 Å². The Bertz CT molecular complexity index is 485. The molecule has 1 aromatic carbocycles. The van der Waals surface area contributed by atoms with E-state index in [1.165, 1.54) is 38.5 Å². The number of hydrogen-bond donors (Lipinski definition) is 1. The number of halogens is 1. The van der Waals surface area contributed by atoms with Crippen LogP contribution in [0.15, 0.2) is 30.3 Å². The average molecular weight is 323 g/mol. The highest BCUT2D eigenvalue weighted by Gasteiger charge is 2.41. The minimum atomic E-state index is -0.176. The second-order valence-corrected chi connectivity index (χ2v) is 6.77. The summed E-state index contributed by atoms with van der Waals surface area (Å²) in [6.07, 6.45) is 7.82. The van der Waals surface area contributed by atoms with Crippen LogP contribution in [-0.2, 0) is 4.79 Å². The first kappa shape index (κ1) is 17.3. The van der Waals surface area contributed by atoms with Gasteiger partial charge in [-0.25, -0.2) is 0 Å². The smallest absolute Gasteiger partial charge is 0.231 e. The third kappa shape index (κ3) is 3.47. The van der Waals surface area contributed by atoms with E-state index in [1.807, 2.05) is 30.3 Å². The topological polar surface area (TPSA) is 46.3 Å². The lowest BCUT2D eigenvalue weighted by atomic mass is 9.73. The first-order valence-electron chi connectivity index (χ1n) is 8.28. The number of nitrogens with zero attached hydrogens (tertiary/aromatic N) is 1. The Morgan fingerprint density at radius 3 is 2.45 bits per heavy atom. The molecule has 1 atom stereocenters. The predicted octanol–water partition coefficient (Wildman–Crippen LogP) is 3.33. The van der Waals surface area contributed by atoms with E-state index < -0.39 is 0 Å². The van der Waals surface area contributed by atoms with Crippen LogP contribution in [0.5, 0.6) is 0 Å². The molecule has 1 amide bonds. The third-order valence-electron chi connectivity index (χ3n) is 5.40. The molecule has 0 aromatic heterocycles. The number of rotatable bonds is 3. The van der Waals surface area contributed by atoms with Crippen molar-refractivity contribution in [3.05, 3.63) is 35.9 Å². The number of amides is 1. The Morgan fingerprint density at radius 1 is 1.14 bits per heavy atom. The maximum absolute atomic E-state index is 12.8. The third-order valence-corrected chi connectivity index (χ3v) is 5.40.